The van der Waals surface area contributed by atoms with E-state index in [0.717, 1.165) is 18.8 Å². The molecule has 0 radical (unpaired) electrons. The Labute approximate surface area is 77.8 Å². The number of rotatable bonds is 5. The molecular weight excluding hydrogens is 144 g/mol. The van der Waals surface area contributed by atoms with Gasteiger partial charge in [0.2, 0.25) is 0 Å². The van der Waals surface area contributed by atoms with Crippen LogP contribution >= 0.6 is 0 Å². The van der Waals surface area contributed by atoms with Crippen LogP contribution in [-0.2, 0) is 0 Å². The lowest BCUT2D eigenvalue weighted by Crippen LogP contribution is -1.90. The highest BCUT2D eigenvalue weighted by molar-refractivity contribution is 4.98. The van der Waals surface area contributed by atoms with Crippen LogP contribution in [0.25, 0.3) is 0 Å². The van der Waals surface area contributed by atoms with E-state index in [9.17, 15) is 0 Å². The first-order valence-corrected chi connectivity index (χ1v) is 5.27. The molecule has 0 aliphatic rings. The Balaban J connectivity index is 3.16. The average Bonchev–Trinajstić information content (AvgIpc) is 2.10. The molecule has 1 unspecified atom stereocenters. The van der Waals surface area contributed by atoms with E-state index in [2.05, 4.69) is 32.6 Å². The van der Waals surface area contributed by atoms with Gasteiger partial charge in [-0.15, -0.1) is 11.8 Å². The maximum atomic E-state index is 3.22. The van der Waals surface area contributed by atoms with Gasteiger partial charge in [-0.05, 0) is 25.2 Å². The average molecular weight is 166 g/mol. The smallest absolute Gasteiger partial charge is 0.00887 e. The van der Waals surface area contributed by atoms with Gasteiger partial charge in [0.15, 0.2) is 0 Å². The van der Waals surface area contributed by atoms with Crippen LogP contribution in [0.15, 0.2) is 0 Å². The van der Waals surface area contributed by atoms with Gasteiger partial charge < -0.3 is 0 Å². The predicted octanol–water partition coefficient (Wildman–Crippen LogP) is 4.01. The summed E-state index contributed by atoms with van der Waals surface area (Å²) >= 11 is 0. The summed E-state index contributed by atoms with van der Waals surface area (Å²) in [6.07, 6.45) is 7.30. The normalized spacial score (nSPS) is 11.9. The molecular formula is C12H22. The first kappa shape index (κ1) is 11.6. The van der Waals surface area contributed by atoms with Gasteiger partial charge in [0.05, 0.1) is 0 Å². The minimum absolute atomic E-state index is 0.887. The van der Waals surface area contributed by atoms with Crippen LogP contribution in [0, 0.1) is 17.8 Å². The molecule has 0 aromatic carbocycles. The van der Waals surface area contributed by atoms with E-state index >= 15 is 0 Å². The first-order chi connectivity index (χ1) is 5.81. The Bertz CT molecular complexity index is 136. The highest BCUT2D eigenvalue weighted by Crippen LogP contribution is 2.10. The van der Waals surface area contributed by atoms with Crippen LogP contribution in [-0.4, -0.2) is 0 Å². The molecule has 0 aromatic heterocycles. The standard InChI is InChI=1S/C12H22/c1-4-6-7-8-9-10-11-12(3)5-2/h12H,4-6,9-11H2,1-3H3. The fourth-order valence-electron chi connectivity index (χ4n) is 1.04. The molecule has 0 bridgehead atoms. The summed E-state index contributed by atoms with van der Waals surface area (Å²) in [7, 11) is 0. The van der Waals surface area contributed by atoms with Crippen molar-refractivity contribution in [1.82, 2.24) is 0 Å². The highest BCUT2D eigenvalue weighted by Gasteiger charge is 1.95. The van der Waals surface area contributed by atoms with Gasteiger partial charge in [-0.2, -0.15) is 0 Å². The van der Waals surface area contributed by atoms with E-state index in [1.54, 1.807) is 0 Å². The summed E-state index contributed by atoms with van der Waals surface area (Å²) in [6.45, 7) is 6.75. The van der Waals surface area contributed by atoms with Gasteiger partial charge in [-0.1, -0.05) is 27.2 Å². The molecule has 0 aromatic rings. The fourth-order valence-corrected chi connectivity index (χ4v) is 1.04. The van der Waals surface area contributed by atoms with Crippen molar-refractivity contribution in [2.45, 2.75) is 59.3 Å². The van der Waals surface area contributed by atoms with Crippen LogP contribution in [0.5, 0.6) is 0 Å². The van der Waals surface area contributed by atoms with Crippen LogP contribution < -0.4 is 0 Å². The van der Waals surface area contributed by atoms with E-state index in [4.69, 9.17) is 0 Å². The summed E-state index contributed by atoms with van der Waals surface area (Å²) in [4.78, 5) is 0. The third-order valence-electron chi connectivity index (χ3n) is 2.20. The van der Waals surface area contributed by atoms with Crippen molar-refractivity contribution in [3.05, 3.63) is 0 Å². The van der Waals surface area contributed by atoms with E-state index < -0.39 is 0 Å². The zero-order valence-corrected chi connectivity index (χ0v) is 8.82. The predicted molar refractivity (Wildman–Crippen MR) is 56.0 cm³/mol. The number of hydrogen-bond donors (Lipinski definition) is 0. The second-order valence-electron chi connectivity index (χ2n) is 3.51. The Morgan fingerprint density at radius 1 is 1.08 bits per heavy atom. The second-order valence-corrected chi connectivity index (χ2v) is 3.51. The monoisotopic (exact) mass is 166 g/mol. The maximum absolute atomic E-state index is 3.22. The molecule has 0 heterocycles. The Morgan fingerprint density at radius 3 is 2.33 bits per heavy atom. The molecule has 0 nitrogen and oxygen atoms in total. The largest absolute Gasteiger partial charge is 0.103 e. The van der Waals surface area contributed by atoms with Gasteiger partial charge in [0, 0.05) is 12.8 Å². The SMILES string of the molecule is CCCC#CCCCC(C)CC. The van der Waals surface area contributed by atoms with Crippen molar-refractivity contribution in [2.24, 2.45) is 5.92 Å². The van der Waals surface area contributed by atoms with Crippen molar-refractivity contribution in [3.8, 4) is 11.8 Å². The quantitative estimate of drug-likeness (QED) is 0.427. The number of hydrogen-bond acceptors (Lipinski definition) is 0. The topological polar surface area (TPSA) is 0 Å². The summed E-state index contributed by atoms with van der Waals surface area (Å²) in [5.74, 6) is 7.28. The molecule has 0 saturated heterocycles. The fraction of sp³-hybridized carbons (Fsp3) is 0.833. The first-order valence-electron chi connectivity index (χ1n) is 5.27. The van der Waals surface area contributed by atoms with Crippen LogP contribution in [0.1, 0.15) is 59.3 Å². The van der Waals surface area contributed by atoms with Crippen molar-refractivity contribution in [2.75, 3.05) is 0 Å². The lowest BCUT2D eigenvalue weighted by atomic mass is 10.0. The van der Waals surface area contributed by atoms with Gasteiger partial charge in [0.1, 0.15) is 0 Å². The van der Waals surface area contributed by atoms with E-state index in [1.165, 1.54) is 25.7 Å². The number of unbranched alkanes of at least 4 members (excludes halogenated alkanes) is 2. The molecule has 12 heavy (non-hydrogen) atoms. The van der Waals surface area contributed by atoms with E-state index in [0.29, 0.717) is 0 Å². The lowest BCUT2D eigenvalue weighted by molar-refractivity contribution is 0.500. The molecule has 0 spiro atoms. The third-order valence-corrected chi connectivity index (χ3v) is 2.20. The molecule has 70 valence electrons. The molecule has 0 heteroatoms. The summed E-state index contributed by atoms with van der Waals surface area (Å²) in [6, 6.07) is 0. The second kappa shape index (κ2) is 8.65. The van der Waals surface area contributed by atoms with Gasteiger partial charge in [-0.25, -0.2) is 0 Å². The van der Waals surface area contributed by atoms with Gasteiger partial charge in [0.25, 0.3) is 0 Å². The molecule has 0 aliphatic carbocycles. The minimum atomic E-state index is 0.887. The summed E-state index contributed by atoms with van der Waals surface area (Å²) in [5, 5.41) is 0. The molecule has 0 saturated carbocycles. The van der Waals surface area contributed by atoms with E-state index in [-0.39, 0.29) is 0 Å². The summed E-state index contributed by atoms with van der Waals surface area (Å²) in [5.41, 5.74) is 0. The van der Waals surface area contributed by atoms with Crippen molar-refractivity contribution in [3.63, 3.8) is 0 Å². The minimum Gasteiger partial charge on any atom is -0.103 e. The molecule has 1 atom stereocenters. The Hall–Kier alpha value is -0.440. The molecule has 0 fully saturated rings. The van der Waals surface area contributed by atoms with Crippen molar-refractivity contribution in [1.29, 1.82) is 0 Å². The van der Waals surface area contributed by atoms with Crippen molar-refractivity contribution >= 4 is 0 Å². The lowest BCUT2D eigenvalue weighted by Gasteiger charge is -2.04. The van der Waals surface area contributed by atoms with E-state index in [1.807, 2.05) is 0 Å². The van der Waals surface area contributed by atoms with Crippen LogP contribution in [0.2, 0.25) is 0 Å². The Kier molecular flexibility index (Phi) is 8.34. The van der Waals surface area contributed by atoms with Crippen LogP contribution in [0.4, 0.5) is 0 Å². The molecule has 0 rings (SSSR count). The Morgan fingerprint density at radius 2 is 1.75 bits per heavy atom. The zero-order valence-electron chi connectivity index (χ0n) is 8.82. The summed E-state index contributed by atoms with van der Waals surface area (Å²) < 4.78 is 0. The zero-order chi connectivity index (χ0) is 9.23. The molecule has 0 N–H and O–H groups in total. The molecule has 0 amide bonds. The van der Waals surface area contributed by atoms with Gasteiger partial charge >= 0.3 is 0 Å². The highest BCUT2D eigenvalue weighted by atomic mass is 14.0. The van der Waals surface area contributed by atoms with Crippen LogP contribution in [0.3, 0.4) is 0 Å². The third kappa shape index (κ3) is 7.66. The maximum Gasteiger partial charge on any atom is 0.00887 e. The van der Waals surface area contributed by atoms with Gasteiger partial charge in [-0.3, -0.25) is 0 Å². The molecule has 0 aliphatic heterocycles. The van der Waals surface area contributed by atoms with Crippen molar-refractivity contribution < 1.29 is 0 Å².